The molecule has 0 radical (unpaired) electrons. The molecule has 0 aliphatic carbocycles. The Kier molecular flexibility index (Phi) is 8.02. The maximum absolute atomic E-state index is 13.6. The zero-order valence-electron chi connectivity index (χ0n) is 19.3. The van der Waals surface area contributed by atoms with Gasteiger partial charge in [0.15, 0.2) is 0 Å². The molecule has 0 bridgehead atoms. The van der Waals surface area contributed by atoms with Gasteiger partial charge >= 0.3 is 0 Å². The number of amides is 1. The van der Waals surface area contributed by atoms with Gasteiger partial charge in [-0.1, -0.05) is 54.9 Å². The van der Waals surface area contributed by atoms with Crippen LogP contribution >= 0.6 is 11.6 Å². The molecule has 1 N–H and O–H groups in total. The summed E-state index contributed by atoms with van der Waals surface area (Å²) in [6, 6.07) is 16.6. The molecular formula is C26H27ClN2O4S. The molecular weight excluding hydrogens is 472 g/mol. The van der Waals surface area contributed by atoms with Crippen molar-refractivity contribution in [1.29, 1.82) is 0 Å². The summed E-state index contributed by atoms with van der Waals surface area (Å²) in [4.78, 5) is 13.1. The van der Waals surface area contributed by atoms with Crippen molar-refractivity contribution in [3.63, 3.8) is 0 Å². The number of hydrogen-bond acceptors (Lipinski definition) is 4. The third kappa shape index (κ3) is 5.11. The van der Waals surface area contributed by atoms with Gasteiger partial charge in [0.2, 0.25) is 0 Å². The minimum absolute atomic E-state index is 0.00985. The maximum atomic E-state index is 13.6. The summed E-state index contributed by atoms with van der Waals surface area (Å²) in [5.74, 6) is -0.0925. The first kappa shape index (κ1) is 25.3. The highest BCUT2D eigenvalue weighted by molar-refractivity contribution is 7.92. The van der Waals surface area contributed by atoms with Crippen LogP contribution in [0.15, 0.2) is 78.2 Å². The number of sulfonamides is 1. The average molecular weight is 499 g/mol. The van der Waals surface area contributed by atoms with Crippen molar-refractivity contribution in [2.75, 3.05) is 23.3 Å². The molecule has 0 aliphatic heterocycles. The Labute approximate surface area is 205 Å². The molecule has 3 aromatic carbocycles. The molecule has 1 amide bonds. The number of carbonyl (C=O) groups excluding carboxylic acids is 1. The van der Waals surface area contributed by atoms with Crippen LogP contribution in [0.3, 0.4) is 0 Å². The Bertz CT molecular complexity index is 1320. The lowest BCUT2D eigenvalue weighted by atomic mass is 10.1. The lowest BCUT2D eigenvalue weighted by molar-refractivity contribution is 0.102. The van der Waals surface area contributed by atoms with Crippen LogP contribution < -0.4 is 14.4 Å². The number of nitrogens with zero attached hydrogens (tertiary/aromatic N) is 1. The first-order valence-electron chi connectivity index (χ1n) is 10.7. The number of methoxy groups -OCH3 is 1. The van der Waals surface area contributed by atoms with Gasteiger partial charge in [0.25, 0.3) is 15.9 Å². The van der Waals surface area contributed by atoms with Gasteiger partial charge in [-0.2, -0.15) is 0 Å². The van der Waals surface area contributed by atoms with Crippen LogP contribution in [-0.2, 0) is 16.4 Å². The third-order valence-electron chi connectivity index (χ3n) is 5.40. The number of aryl methyl sites for hydroxylation is 2. The van der Waals surface area contributed by atoms with Crippen LogP contribution in [0.25, 0.3) is 0 Å². The van der Waals surface area contributed by atoms with E-state index in [0.717, 1.165) is 17.5 Å². The second-order valence-corrected chi connectivity index (χ2v) is 9.82. The van der Waals surface area contributed by atoms with E-state index in [2.05, 4.69) is 11.9 Å². The molecule has 8 heteroatoms. The Hall–Kier alpha value is -3.29. The topological polar surface area (TPSA) is 75.7 Å². The molecule has 0 saturated carbocycles. The molecule has 0 heterocycles. The van der Waals surface area contributed by atoms with Gasteiger partial charge in [-0.15, -0.1) is 6.58 Å². The lowest BCUT2D eigenvalue weighted by Gasteiger charge is -2.25. The van der Waals surface area contributed by atoms with E-state index in [1.165, 1.54) is 35.7 Å². The fourth-order valence-corrected chi connectivity index (χ4v) is 5.30. The summed E-state index contributed by atoms with van der Waals surface area (Å²) in [5.41, 5.74) is 2.99. The molecule has 0 fully saturated rings. The van der Waals surface area contributed by atoms with E-state index in [4.69, 9.17) is 16.3 Å². The first-order valence-corrected chi connectivity index (χ1v) is 12.5. The van der Waals surface area contributed by atoms with Crippen LogP contribution in [0.4, 0.5) is 11.4 Å². The van der Waals surface area contributed by atoms with Crippen LogP contribution in [0.2, 0.25) is 5.02 Å². The minimum atomic E-state index is -4.07. The Balaban J connectivity index is 2.05. The highest BCUT2D eigenvalue weighted by Gasteiger charge is 2.28. The molecule has 0 unspecified atom stereocenters. The van der Waals surface area contributed by atoms with Gasteiger partial charge in [0, 0.05) is 5.69 Å². The van der Waals surface area contributed by atoms with E-state index in [1.807, 2.05) is 32.0 Å². The smallest absolute Gasteiger partial charge is 0.264 e. The predicted octanol–water partition coefficient (Wildman–Crippen LogP) is 5.85. The molecule has 178 valence electrons. The zero-order chi connectivity index (χ0) is 24.9. The van der Waals surface area contributed by atoms with E-state index in [9.17, 15) is 13.2 Å². The highest BCUT2D eigenvalue weighted by atomic mass is 35.5. The minimum Gasteiger partial charge on any atom is -0.495 e. The predicted molar refractivity (Wildman–Crippen MR) is 138 cm³/mol. The second kappa shape index (κ2) is 10.8. The number of anilines is 2. The van der Waals surface area contributed by atoms with Crippen molar-refractivity contribution in [1.82, 2.24) is 0 Å². The number of halogens is 1. The average Bonchev–Trinajstić information content (AvgIpc) is 2.83. The standard InChI is InChI=1S/C26H27ClN2O4S/c1-5-16-29(23-12-7-8-13-24(23)33-4)34(31,32)20-14-15-22(27)21(17-20)26(30)28-25-18(3)10-9-11-19(25)6-2/h5,7-15,17H,1,6,16H2,2-4H3,(H,28,30). The van der Waals surface area contributed by atoms with Crippen LogP contribution in [0, 0.1) is 6.92 Å². The van der Waals surface area contributed by atoms with Gasteiger partial charge in [-0.25, -0.2) is 8.42 Å². The van der Waals surface area contributed by atoms with Crippen LogP contribution in [0.5, 0.6) is 5.75 Å². The monoisotopic (exact) mass is 498 g/mol. The molecule has 3 aromatic rings. The molecule has 0 atom stereocenters. The number of ether oxygens (including phenoxy) is 1. The van der Waals surface area contributed by atoms with Crippen molar-refractivity contribution >= 4 is 38.9 Å². The summed E-state index contributed by atoms with van der Waals surface area (Å²) < 4.78 is 33.8. The van der Waals surface area contributed by atoms with E-state index >= 15 is 0 Å². The second-order valence-electron chi connectivity index (χ2n) is 7.56. The Morgan fingerprint density at radius 1 is 1.15 bits per heavy atom. The van der Waals surface area contributed by atoms with Gasteiger partial charge in [-0.05, 0) is 54.8 Å². The number of rotatable bonds is 9. The number of carbonyl (C=O) groups is 1. The number of benzene rings is 3. The number of hydrogen-bond donors (Lipinski definition) is 1. The molecule has 0 spiro atoms. The summed E-state index contributed by atoms with van der Waals surface area (Å²) in [5, 5.41) is 3.05. The molecule has 6 nitrogen and oxygen atoms in total. The molecule has 0 saturated heterocycles. The maximum Gasteiger partial charge on any atom is 0.264 e. The van der Waals surface area contributed by atoms with Gasteiger partial charge in [0.05, 0.1) is 34.8 Å². The van der Waals surface area contributed by atoms with Crippen LogP contribution in [0.1, 0.15) is 28.4 Å². The van der Waals surface area contributed by atoms with Gasteiger partial charge < -0.3 is 10.1 Å². The normalized spacial score (nSPS) is 11.1. The van der Waals surface area contributed by atoms with Crippen molar-refractivity contribution in [2.45, 2.75) is 25.2 Å². The molecule has 0 aliphatic rings. The summed E-state index contributed by atoms with van der Waals surface area (Å²) in [6.07, 6.45) is 2.22. The number of para-hydroxylation sites is 3. The third-order valence-corrected chi connectivity index (χ3v) is 7.50. The zero-order valence-corrected chi connectivity index (χ0v) is 20.9. The molecule has 0 aromatic heterocycles. The fourth-order valence-electron chi connectivity index (χ4n) is 3.63. The summed E-state index contributed by atoms with van der Waals surface area (Å²) in [6.45, 7) is 7.59. The molecule has 34 heavy (non-hydrogen) atoms. The van der Waals surface area contributed by atoms with E-state index in [1.54, 1.807) is 24.3 Å². The molecule has 3 rings (SSSR count). The van der Waals surface area contributed by atoms with E-state index < -0.39 is 15.9 Å². The summed E-state index contributed by atoms with van der Waals surface area (Å²) >= 11 is 6.32. The SMILES string of the molecule is C=CCN(c1ccccc1OC)S(=O)(=O)c1ccc(Cl)c(C(=O)Nc2c(C)cccc2CC)c1. The Morgan fingerprint density at radius 2 is 1.88 bits per heavy atom. The van der Waals surface area contributed by atoms with Gasteiger partial charge in [0.1, 0.15) is 5.75 Å². The largest absolute Gasteiger partial charge is 0.495 e. The van der Waals surface area contributed by atoms with Crippen molar-refractivity contribution in [3.8, 4) is 5.75 Å². The lowest BCUT2D eigenvalue weighted by Crippen LogP contribution is -2.31. The van der Waals surface area contributed by atoms with Gasteiger partial charge in [-0.3, -0.25) is 9.10 Å². The highest BCUT2D eigenvalue weighted by Crippen LogP contribution is 2.33. The van der Waals surface area contributed by atoms with Crippen LogP contribution in [-0.4, -0.2) is 28.0 Å². The summed E-state index contributed by atoms with van der Waals surface area (Å²) in [7, 11) is -2.60. The van der Waals surface area contributed by atoms with E-state index in [-0.39, 0.29) is 22.0 Å². The van der Waals surface area contributed by atoms with Crippen molar-refractivity contribution in [3.05, 3.63) is 95.0 Å². The Morgan fingerprint density at radius 3 is 2.56 bits per heavy atom. The van der Waals surface area contributed by atoms with E-state index in [0.29, 0.717) is 17.1 Å². The fraction of sp³-hybridized carbons (Fsp3) is 0.192. The first-order chi connectivity index (χ1) is 16.2. The quantitative estimate of drug-likeness (QED) is 0.375. The van der Waals surface area contributed by atoms with Crippen molar-refractivity contribution in [2.24, 2.45) is 0 Å². The number of nitrogens with one attached hydrogen (secondary N) is 1. The van der Waals surface area contributed by atoms with Crippen molar-refractivity contribution < 1.29 is 17.9 Å².